The van der Waals surface area contributed by atoms with E-state index in [0.717, 1.165) is 43.4 Å². The number of hydrogen-bond donors (Lipinski definition) is 1. The Morgan fingerprint density at radius 1 is 1.35 bits per heavy atom. The van der Waals surface area contributed by atoms with Crippen LogP contribution in [0.15, 0.2) is 4.52 Å². The van der Waals surface area contributed by atoms with Gasteiger partial charge in [-0.1, -0.05) is 12.1 Å². The van der Waals surface area contributed by atoms with Crippen LogP contribution >= 0.6 is 0 Å². The molecule has 0 amide bonds. The van der Waals surface area contributed by atoms with E-state index in [1.807, 2.05) is 6.92 Å². The first kappa shape index (κ1) is 14.0. The van der Waals surface area contributed by atoms with Crippen LogP contribution in [-0.4, -0.2) is 23.3 Å². The quantitative estimate of drug-likeness (QED) is 0.918. The average molecular weight is 279 g/mol. The van der Waals surface area contributed by atoms with Gasteiger partial charge in [-0.15, -0.1) is 0 Å². The molecule has 1 saturated carbocycles. The first-order valence-electron chi connectivity index (χ1n) is 7.95. The van der Waals surface area contributed by atoms with Gasteiger partial charge in [-0.25, -0.2) is 0 Å². The Hall–Kier alpha value is -0.940. The summed E-state index contributed by atoms with van der Waals surface area (Å²) in [5.41, 5.74) is -0.318. The number of rotatable bonds is 4. The molecule has 1 N–H and O–H groups in total. The highest BCUT2D eigenvalue weighted by atomic mass is 16.5. The minimum atomic E-state index is -0.318. The minimum Gasteiger partial charge on any atom is -0.367 e. The van der Waals surface area contributed by atoms with Crippen LogP contribution in [0.4, 0.5) is 0 Å². The second-order valence-electron chi connectivity index (χ2n) is 6.21. The van der Waals surface area contributed by atoms with E-state index < -0.39 is 0 Å². The van der Waals surface area contributed by atoms with Gasteiger partial charge in [0, 0.05) is 6.61 Å². The van der Waals surface area contributed by atoms with Crippen LogP contribution < -0.4 is 5.32 Å². The van der Waals surface area contributed by atoms with Crippen LogP contribution in [0, 0.1) is 5.92 Å². The van der Waals surface area contributed by atoms with Gasteiger partial charge in [-0.2, -0.15) is 4.98 Å². The Morgan fingerprint density at radius 2 is 2.15 bits per heavy atom. The zero-order chi connectivity index (χ0) is 14.0. The Kier molecular flexibility index (Phi) is 4.08. The van der Waals surface area contributed by atoms with Crippen molar-refractivity contribution in [3.8, 4) is 0 Å². The molecule has 0 aromatic carbocycles. The lowest BCUT2D eigenvalue weighted by Gasteiger charge is -2.36. The molecule has 5 heteroatoms. The van der Waals surface area contributed by atoms with E-state index in [1.54, 1.807) is 0 Å². The summed E-state index contributed by atoms with van der Waals surface area (Å²) in [6.45, 7) is 6.08. The van der Waals surface area contributed by atoms with Crippen molar-refractivity contribution in [3.63, 3.8) is 0 Å². The molecule has 1 aliphatic carbocycles. The van der Waals surface area contributed by atoms with Gasteiger partial charge in [0.2, 0.25) is 11.7 Å². The third-order valence-electron chi connectivity index (χ3n) is 4.71. The standard InChI is InChI=1S/C15H25N3O2/c1-3-19-15(8-6-11(2)7-9-15)14-17-13(20-18-14)12-5-4-10-16-12/h11-12,16H,3-10H2,1-2H3. The van der Waals surface area contributed by atoms with Gasteiger partial charge in [0.1, 0.15) is 5.60 Å². The van der Waals surface area contributed by atoms with Crippen molar-refractivity contribution in [2.24, 2.45) is 5.92 Å². The number of ether oxygens (including phenoxy) is 1. The summed E-state index contributed by atoms with van der Waals surface area (Å²) in [6.07, 6.45) is 6.60. The molecular formula is C15H25N3O2. The number of nitrogens with zero attached hydrogens (tertiary/aromatic N) is 2. The molecular weight excluding hydrogens is 254 g/mol. The molecule has 1 saturated heterocycles. The zero-order valence-electron chi connectivity index (χ0n) is 12.5. The topological polar surface area (TPSA) is 60.2 Å². The van der Waals surface area contributed by atoms with Crippen molar-refractivity contribution in [1.82, 2.24) is 15.5 Å². The van der Waals surface area contributed by atoms with E-state index in [-0.39, 0.29) is 11.6 Å². The second kappa shape index (κ2) is 5.82. The van der Waals surface area contributed by atoms with Gasteiger partial charge in [0.05, 0.1) is 6.04 Å². The lowest BCUT2D eigenvalue weighted by Crippen LogP contribution is -2.35. The second-order valence-corrected chi connectivity index (χ2v) is 6.21. The summed E-state index contributed by atoms with van der Waals surface area (Å²) >= 11 is 0. The monoisotopic (exact) mass is 279 g/mol. The molecule has 2 heterocycles. The van der Waals surface area contributed by atoms with E-state index in [4.69, 9.17) is 9.26 Å². The van der Waals surface area contributed by atoms with Crippen LogP contribution in [0.25, 0.3) is 0 Å². The fraction of sp³-hybridized carbons (Fsp3) is 0.867. The lowest BCUT2D eigenvalue weighted by atomic mass is 9.79. The maximum Gasteiger partial charge on any atom is 0.243 e. The van der Waals surface area contributed by atoms with Crippen molar-refractivity contribution >= 4 is 0 Å². The molecule has 0 bridgehead atoms. The summed E-state index contributed by atoms with van der Waals surface area (Å²) < 4.78 is 11.6. The molecule has 0 radical (unpaired) electrons. The molecule has 0 spiro atoms. The Morgan fingerprint density at radius 3 is 2.80 bits per heavy atom. The molecule has 3 rings (SSSR count). The van der Waals surface area contributed by atoms with Gasteiger partial charge in [0.15, 0.2) is 0 Å². The predicted molar refractivity (Wildman–Crippen MR) is 75.2 cm³/mol. The number of hydrogen-bond acceptors (Lipinski definition) is 5. The highest BCUT2D eigenvalue weighted by Gasteiger charge is 2.41. The largest absolute Gasteiger partial charge is 0.367 e. The van der Waals surface area contributed by atoms with Crippen molar-refractivity contribution in [3.05, 3.63) is 11.7 Å². The Bertz CT molecular complexity index is 432. The fourth-order valence-corrected chi connectivity index (χ4v) is 3.39. The molecule has 1 atom stereocenters. The van der Waals surface area contributed by atoms with E-state index in [2.05, 4.69) is 22.4 Å². The number of aromatic nitrogens is 2. The SMILES string of the molecule is CCOC1(c2noc(C3CCCN3)n2)CCC(C)CC1. The van der Waals surface area contributed by atoms with Crippen LogP contribution in [0.1, 0.15) is 70.1 Å². The maximum atomic E-state index is 6.08. The summed E-state index contributed by atoms with van der Waals surface area (Å²) in [7, 11) is 0. The van der Waals surface area contributed by atoms with E-state index in [1.165, 1.54) is 19.3 Å². The van der Waals surface area contributed by atoms with Gasteiger partial charge in [0.25, 0.3) is 0 Å². The van der Waals surface area contributed by atoms with Crippen molar-refractivity contribution in [2.45, 2.75) is 64.0 Å². The molecule has 2 aliphatic rings. The third-order valence-corrected chi connectivity index (χ3v) is 4.71. The third kappa shape index (κ3) is 2.61. The van der Waals surface area contributed by atoms with Gasteiger partial charge in [-0.3, -0.25) is 0 Å². The highest BCUT2D eigenvalue weighted by molar-refractivity contribution is 5.06. The fourth-order valence-electron chi connectivity index (χ4n) is 3.39. The summed E-state index contributed by atoms with van der Waals surface area (Å²) in [6, 6.07) is 0.234. The summed E-state index contributed by atoms with van der Waals surface area (Å²) in [5, 5.41) is 7.65. The average Bonchev–Trinajstić information content (AvgIpc) is 3.12. The van der Waals surface area contributed by atoms with Crippen LogP contribution in [-0.2, 0) is 10.3 Å². The molecule has 1 aliphatic heterocycles. The zero-order valence-corrected chi connectivity index (χ0v) is 12.5. The molecule has 1 aromatic heterocycles. The molecule has 2 fully saturated rings. The van der Waals surface area contributed by atoms with Crippen molar-refractivity contribution in [1.29, 1.82) is 0 Å². The molecule has 5 nitrogen and oxygen atoms in total. The maximum absolute atomic E-state index is 6.08. The summed E-state index contributed by atoms with van der Waals surface area (Å²) in [4.78, 5) is 4.67. The Balaban J connectivity index is 1.80. The normalized spacial score (nSPS) is 34.5. The van der Waals surface area contributed by atoms with Gasteiger partial charge >= 0.3 is 0 Å². The van der Waals surface area contributed by atoms with E-state index >= 15 is 0 Å². The van der Waals surface area contributed by atoms with Crippen LogP contribution in [0.5, 0.6) is 0 Å². The van der Waals surface area contributed by atoms with Gasteiger partial charge < -0.3 is 14.6 Å². The van der Waals surface area contributed by atoms with Crippen LogP contribution in [0.3, 0.4) is 0 Å². The molecule has 1 unspecified atom stereocenters. The van der Waals surface area contributed by atoms with Crippen molar-refractivity contribution < 1.29 is 9.26 Å². The molecule has 20 heavy (non-hydrogen) atoms. The Labute approximate surface area is 120 Å². The first-order valence-corrected chi connectivity index (χ1v) is 7.95. The molecule has 112 valence electrons. The van der Waals surface area contributed by atoms with Crippen LogP contribution in [0.2, 0.25) is 0 Å². The van der Waals surface area contributed by atoms with Gasteiger partial charge in [-0.05, 0) is 57.9 Å². The first-order chi connectivity index (χ1) is 9.73. The van der Waals surface area contributed by atoms with Crippen molar-refractivity contribution in [2.75, 3.05) is 13.2 Å². The van der Waals surface area contributed by atoms with E-state index in [9.17, 15) is 0 Å². The predicted octanol–water partition coefficient (Wildman–Crippen LogP) is 2.94. The minimum absolute atomic E-state index is 0.234. The molecule has 1 aromatic rings. The highest BCUT2D eigenvalue weighted by Crippen LogP contribution is 2.41. The van der Waals surface area contributed by atoms with E-state index in [0.29, 0.717) is 6.61 Å². The number of nitrogens with one attached hydrogen (secondary N) is 1. The smallest absolute Gasteiger partial charge is 0.243 e. The summed E-state index contributed by atoms with van der Waals surface area (Å²) in [5.74, 6) is 2.26. The lowest BCUT2D eigenvalue weighted by molar-refractivity contribution is -0.0847.